The molecule has 0 aliphatic rings. The van der Waals surface area contributed by atoms with Crippen molar-refractivity contribution in [3.05, 3.63) is 0 Å². The smallest absolute Gasteiger partial charge is 0.200 e. The van der Waals surface area contributed by atoms with Gasteiger partial charge >= 0.3 is 0 Å². The SMILES string of the molecule is [2H]N[C@@H](C)C(=O)C(O)C(=O)[C@@H](O)[C@H](O)[C@H](O)CO. The molecule has 0 aromatic heterocycles. The molecule has 0 spiro atoms. The lowest BCUT2D eigenvalue weighted by molar-refractivity contribution is -0.153. The summed E-state index contributed by atoms with van der Waals surface area (Å²) in [5.74, 6) is -2.47. The van der Waals surface area contributed by atoms with Crippen LogP contribution in [0.5, 0.6) is 0 Å². The van der Waals surface area contributed by atoms with Crippen molar-refractivity contribution >= 4 is 11.6 Å². The van der Waals surface area contributed by atoms with E-state index in [4.69, 9.17) is 11.6 Å². The number of carbonyl (C=O) groups is 2. The van der Waals surface area contributed by atoms with Crippen LogP contribution in [-0.2, 0) is 9.59 Å². The van der Waals surface area contributed by atoms with Crippen molar-refractivity contribution in [3.8, 4) is 0 Å². The van der Waals surface area contributed by atoms with E-state index in [0.717, 1.165) is 0 Å². The maximum absolute atomic E-state index is 11.4. The number of aliphatic hydroxyl groups is 5. The summed E-state index contributed by atoms with van der Waals surface area (Å²) in [5.41, 5.74) is 1.76. The van der Waals surface area contributed by atoms with Crippen LogP contribution in [0.4, 0.5) is 0 Å². The van der Waals surface area contributed by atoms with E-state index in [1.54, 1.807) is 5.73 Å². The molecule has 8 nitrogen and oxygen atoms in total. The van der Waals surface area contributed by atoms with Crippen molar-refractivity contribution < 1.29 is 36.5 Å². The Kier molecular flexibility index (Phi) is 5.62. The molecule has 0 bridgehead atoms. The first-order valence-electron chi connectivity index (χ1n) is 5.35. The van der Waals surface area contributed by atoms with E-state index in [-0.39, 0.29) is 0 Å². The number of hydrogen-bond acceptors (Lipinski definition) is 8. The minimum atomic E-state index is -2.23. The molecular weight excluding hydrogens is 234 g/mol. The molecule has 1 unspecified atom stereocenters. The first-order chi connectivity index (χ1) is 8.27. The Morgan fingerprint density at radius 2 is 1.76 bits per heavy atom. The number of hydrogen-bond donors (Lipinski definition) is 6. The Morgan fingerprint density at radius 3 is 2.18 bits per heavy atom. The molecule has 17 heavy (non-hydrogen) atoms. The second kappa shape index (κ2) is 6.74. The van der Waals surface area contributed by atoms with Gasteiger partial charge in [-0.3, -0.25) is 9.59 Å². The molecule has 0 saturated carbocycles. The predicted molar refractivity (Wildman–Crippen MR) is 54.8 cm³/mol. The average molecular weight is 252 g/mol. The number of carbonyl (C=O) groups excluding carboxylic acids is 2. The molecule has 7 N–H and O–H groups in total. The van der Waals surface area contributed by atoms with Gasteiger partial charge in [0.25, 0.3) is 0 Å². The normalized spacial score (nSPS) is 20.9. The molecule has 100 valence electrons. The summed E-state index contributed by atoms with van der Waals surface area (Å²) < 4.78 is 6.69. The standard InChI is InChI=1S/C9H17NO7/c1-3(10)5(13)7(15)9(17)8(16)6(14)4(12)2-11/h3-4,6-8,11-12,14-16H,2,10H2,1H3/t3-,4+,6+,7?,8-/m0/s1/i/hD. The van der Waals surface area contributed by atoms with Crippen LogP contribution in [0.1, 0.15) is 6.92 Å². The highest BCUT2D eigenvalue weighted by Gasteiger charge is 2.37. The van der Waals surface area contributed by atoms with Gasteiger partial charge in [-0.25, -0.2) is 0 Å². The summed E-state index contributed by atoms with van der Waals surface area (Å²) in [4.78, 5) is 22.7. The van der Waals surface area contributed by atoms with Crippen molar-refractivity contribution in [2.24, 2.45) is 5.73 Å². The van der Waals surface area contributed by atoms with Crippen molar-refractivity contribution in [2.75, 3.05) is 6.61 Å². The first-order valence-corrected chi connectivity index (χ1v) is 4.85. The second-order valence-electron chi connectivity index (χ2n) is 3.61. The third kappa shape index (κ3) is 4.11. The lowest BCUT2D eigenvalue weighted by Crippen LogP contribution is -2.51. The zero-order chi connectivity index (χ0) is 14.5. The Labute approximate surface area is 98.8 Å². The van der Waals surface area contributed by atoms with Gasteiger partial charge in [0.2, 0.25) is 0 Å². The third-order valence-corrected chi connectivity index (χ3v) is 2.16. The first kappa shape index (κ1) is 14.2. The molecular formula is C9H17NO7. The van der Waals surface area contributed by atoms with Crippen LogP contribution in [0.25, 0.3) is 0 Å². The van der Waals surface area contributed by atoms with Crippen molar-refractivity contribution in [1.29, 1.82) is 0 Å². The van der Waals surface area contributed by atoms with E-state index in [0.29, 0.717) is 0 Å². The molecule has 0 amide bonds. The van der Waals surface area contributed by atoms with Gasteiger partial charge in [0.1, 0.15) is 19.7 Å². The zero-order valence-electron chi connectivity index (χ0n) is 10.1. The highest BCUT2D eigenvalue weighted by atomic mass is 16.4. The largest absolute Gasteiger partial charge is 0.394 e. The number of ketones is 2. The molecule has 0 aliphatic carbocycles. The Bertz CT molecular complexity index is 301. The Morgan fingerprint density at radius 1 is 1.24 bits per heavy atom. The topological polar surface area (TPSA) is 161 Å². The summed E-state index contributed by atoms with van der Waals surface area (Å²) >= 11 is 0. The quantitative estimate of drug-likeness (QED) is 0.237. The number of aliphatic hydroxyl groups excluding tert-OH is 5. The maximum atomic E-state index is 11.4. The molecule has 0 saturated heterocycles. The summed E-state index contributed by atoms with van der Waals surface area (Å²) in [6.45, 7) is 0.317. The minimum Gasteiger partial charge on any atom is -0.394 e. The van der Waals surface area contributed by atoms with Gasteiger partial charge in [0.15, 0.2) is 17.7 Å². The van der Waals surface area contributed by atoms with Crippen molar-refractivity contribution in [2.45, 2.75) is 37.4 Å². The average Bonchev–Trinajstić information content (AvgIpc) is 2.40. The van der Waals surface area contributed by atoms with Crippen LogP contribution in [-0.4, -0.2) is 74.2 Å². The van der Waals surface area contributed by atoms with E-state index in [1.165, 1.54) is 6.92 Å². The molecule has 0 aromatic carbocycles. The van der Waals surface area contributed by atoms with Crippen LogP contribution in [0.15, 0.2) is 0 Å². The molecule has 8 heteroatoms. The monoisotopic (exact) mass is 252 g/mol. The van der Waals surface area contributed by atoms with Crippen LogP contribution in [0.2, 0.25) is 1.41 Å². The van der Waals surface area contributed by atoms with Gasteiger partial charge in [-0.05, 0) is 6.92 Å². The third-order valence-electron chi connectivity index (χ3n) is 2.16. The number of rotatable bonds is 8. The summed E-state index contributed by atoms with van der Waals surface area (Å²) in [7, 11) is 0. The lowest BCUT2D eigenvalue weighted by Gasteiger charge is -2.22. The lowest BCUT2D eigenvalue weighted by atomic mass is 9.97. The fourth-order valence-electron chi connectivity index (χ4n) is 1.03. The van der Waals surface area contributed by atoms with Gasteiger partial charge < -0.3 is 31.3 Å². The van der Waals surface area contributed by atoms with Gasteiger partial charge in [-0.2, -0.15) is 0 Å². The van der Waals surface area contributed by atoms with E-state index in [9.17, 15) is 24.9 Å². The van der Waals surface area contributed by atoms with Crippen molar-refractivity contribution in [3.63, 3.8) is 0 Å². The summed E-state index contributed by atoms with van der Waals surface area (Å²) in [6.07, 6.45) is -8.25. The van der Waals surface area contributed by atoms with Gasteiger partial charge in [-0.15, -0.1) is 0 Å². The van der Waals surface area contributed by atoms with E-state index in [2.05, 4.69) is 0 Å². The molecule has 0 aromatic rings. The van der Waals surface area contributed by atoms with Gasteiger partial charge in [0, 0.05) is 0 Å². The molecule has 0 fully saturated rings. The van der Waals surface area contributed by atoms with Crippen LogP contribution < -0.4 is 5.73 Å². The molecule has 5 atom stereocenters. The summed E-state index contributed by atoms with van der Waals surface area (Å²) in [6, 6.07) is -1.14. The fourth-order valence-corrected chi connectivity index (χ4v) is 1.03. The highest BCUT2D eigenvalue weighted by molar-refractivity contribution is 6.08. The summed E-state index contributed by atoms with van der Waals surface area (Å²) in [5, 5.41) is 45.4. The molecule has 0 heterocycles. The van der Waals surface area contributed by atoms with Crippen LogP contribution in [0.3, 0.4) is 0 Å². The van der Waals surface area contributed by atoms with E-state index >= 15 is 0 Å². The zero-order valence-corrected chi connectivity index (χ0v) is 9.15. The van der Waals surface area contributed by atoms with Gasteiger partial charge in [0.05, 0.1) is 12.6 Å². The van der Waals surface area contributed by atoms with Gasteiger partial charge in [-0.1, -0.05) is 0 Å². The predicted octanol–water partition coefficient (Wildman–Crippen LogP) is -4.09. The molecule has 0 radical (unpaired) electrons. The maximum Gasteiger partial charge on any atom is 0.200 e. The number of nitrogens with two attached hydrogens (primary N) is 1. The second-order valence-corrected chi connectivity index (χ2v) is 3.61. The molecule has 0 aliphatic heterocycles. The van der Waals surface area contributed by atoms with E-state index < -0.39 is 48.6 Å². The Hall–Kier alpha value is -0.900. The fraction of sp³-hybridized carbons (Fsp3) is 0.778. The highest BCUT2D eigenvalue weighted by Crippen LogP contribution is 2.05. The van der Waals surface area contributed by atoms with Crippen LogP contribution in [0, 0.1) is 0 Å². The van der Waals surface area contributed by atoms with Crippen LogP contribution >= 0.6 is 0 Å². The molecule has 0 rings (SSSR count). The number of Topliss-reactive ketones (excluding diaryl/α,β-unsaturated/α-hetero) is 2. The Balaban J connectivity index is 4.69. The minimum absolute atomic E-state index is 0.903. The van der Waals surface area contributed by atoms with Crippen molar-refractivity contribution in [1.82, 2.24) is 0 Å². The van der Waals surface area contributed by atoms with E-state index in [1.807, 2.05) is 0 Å².